The van der Waals surface area contributed by atoms with Gasteiger partial charge in [0.1, 0.15) is 5.82 Å². The number of rotatable bonds is 2. The van der Waals surface area contributed by atoms with Gasteiger partial charge in [-0.3, -0.25) is 9.59 Å². The topological polar surface area (TPSA) is 40.6 Å². The lowest BCUT2D eigenvalue weighted by molar-refractivity contribution is -0.137. The van der Waals surface area contributed by atoms with Gasteiger partial charge in [0.05, 0.1) is 5.92 Å². The minimum absolute atomic E-state index is 0.128. The number of hydrogen-bond acceptors (Lipinski definition) is 2. The number of carbonyl (C=O) groups is 2. The first-order chi connectivity index (χ1) is 13.1. The van der Waals surface area contributed by atoms with E-state index in [0.29, 0.717) is 25.2 Å². The van der Waals surface area contributed by atoms with Crippen molar-refractivity contribution in [2.75, 3.05) is 19.6 Å². The number of halogens is 1. The fourth-order valence-electron chi connectivity index (χ4n) is 4.08. The van der Waals surface area contributed by atoms with Gasteiger partial charge in [0, 0.05) is 31.7 Å². The molecule has 0 unspecified atom stereocenters. The van der Waals surface area contributed by atoms with E-state index in [2.05, 4.69) is 12.1 Å². The van der Waals surface area contributed by atoms with Crippen molar-refractivity contribution in [1.82, 2.24) is 9.80 Å². The normalized spacial score (nSPS) is 19.5. The number of nitrogens with zero attached hydrogens (tertiary/aromatic N) is 2. The monoisotopic (exact) mass is 366 g/mol. The van der Waals surface area contributed by atoms with Gasteiger partial charge in [0.15, 0.2) is 0 Å². The standard InChI is InChI=1S/C22H23FN2O2/c23-20-9-7-17(8-10-20)21(26)24-12-3-6-19(15-24)22(27)25-13-11-16-4-1-2-5-18(16)14-25/h1-2,4-5,7-10,19H,3,6,11-15H2/t19-/m0/s1. The molecule has 4 nitrogen and oxygen atoms in total. The highest BCUT2D eigenvalue weighted by atomic mass is 19.1. The molecule has 0 N–H and O–H groups in total. The number of amides is 2. The molecule has 2 aromatic carbocycles. The fourth-order valence-corrected chi connectivity index (χ4v) is 4.08. The zero-order chi connectivity index (χ0) is 18.8. The largest absolute Gasteiger partial charge is 0.338 e. The molecule has 2 amide bonds. The molecule has 2 heterocycles. The molecule has 2 aliphatic heterocycles. The van der Waals surface area contributed by atoms with Crippen LogP contribution in [0.15, 0.2) is 48.5 Å². The summed E-state index contributed by atoms with van der Waals surface area (Å²) >= 11 is 0. The lowest BCUT2D eigenvalue weighted by Crippen LogP contribution is -2.47. The van der Waals surface area contributed by atoms with Crippen molar-refractivity contribution < 1.29 is 14.0 Å². The predicted octanol–water partition coefficient (Wildman–Crippen LogP) is 3.26. The molecule has 1 atom stereocenters. The molecule has 0 spiro atoms. The maximum Gasteiger partial charge on any atom is 0.253 e. The highest BCUT2D eigenvalue weighted by Gasteiger charge is 2.32. The first-order valence-corrected chi connectivity index (χ1v) is 9.52. The van der Waals surface area contributed by atoms with E-state index in [0.717, 1.165) is 25.8 Å². The van der Waals surface area contributed by atoms with E-state index in [9.17, 15) is 14.0 Å². The minimum Gasteiger partial charge on any atom is -0.338 e. The predicted molar refractivity (Wildman–Crippen MR) is 101 cm³/mol. The molecule has 1 saturated heterocycles. The van der Waals surface area contributed by atoms with Gasteiger partial charge in [-0.25, -0.2) is 4.39 Å². The van der Waals surface area contributed by atoms with Crippen LogP contribution < -0.4 is 0 Å². The summed E-state index contributed by atoms with van der Waals surface area (Å²) in [6.07, 6.45) is 2.50. The third-order valence-electron chi connectivity index (χ3n) is 5.59. The van der Waals surface area contributed by atoms with Crippen LogP contribution in [-0.2, 0) is 17.8 Å². The summed E-state index contributed by atoms with van der Waals surface area (Å²) in [5.41, 5.74) is 3.00. The van der Waals surface area contributed by atoms with E-state index in [1.807, 2.05) is 17.0 Å². The van der Waals surface area contributed by atoms with Crippen molar-refractivity contribution in [2.45, 2.75) is 25.8 Å². The van der Waals surface area contributed by atoms with Crippen molar-refractivity contribution in [1.29, 1.82) is 0 Å². The van der Waals surface area contributed by atoms with Crippen molar-refractivity contribution >= 4 is 11.8 Å². The highest BCUT2D eigenvalue weighted by molar-refractivity contribution is 5.94. The van der Waals surface area contributed by atoms with Crippen LogP contribution in [0.1, 0.15) is 34.3 Å². The summed E-state index contributed by atoms with van der Waals surface area (Å²) in [6.45, 7) is 2.46. The van der Waals surface area contributed by atoms with E-state index >= 15 is 0 Å². The quantitative estimate of drug-likeness (QED) is 0.819. The molecule has 5 heteroatoms. The van der Waals surface area contributed by atoms with Crippen LogP contribution in [0, 0.1) is 11.7 Å². The Morgan fingerprint density at radius 2 is 1.67 bits per heavy atom. The fraction of sp³-hybridized carbons (Fsp3) is 0.364. The molecule has 0 bridgehead atoms. The van der Waals surface area contributed by atoms with Gasteiger partial charge >= 0.3 is 0 Å². The summed E-state index contributed by atoms with van der Waals surface area (Å²) < 4.78 is 13.1. The molecule has 0 aliphatic carbocycles. The van der Waals surface area contributed by atoms with Crippen molar-refractivity contribution in [2.24, 2.45) is 5.92 Å². The Balaban J connectivity index is 1.43. The van der Waals surface area contributed by atoms with E-state index in [1.54, 1.807) is 4.90 Å². The number of benzene rings is 2. The lowest BCUT2D eigenvalue weighted by Gasteiger charge is -2.36. The van der Waals surface area contributed by atoms with Gasteiger partial charge in [0.2, 0.25) is 5.91 Å². The van der Waals surface area contributed by atoms with E-state index in [-0.39, 0.29) is 23.5 Å². The number of likely N-dealkylation sites (tertiary alicyclic amines) is 1. The summed E-state index contributed by atoms with van der Waals surface area (Å²) in [6, 6.07) is 13.9. The number of piperidine rings is 1. The van der Waals surface area contributed by atoms with E-state index in [4.69, 9.17) is 0 Å². The Kier molecular flexibility index (Phi) is 4.92. The summed E-state index contributed by atoms with van der Waals surface area (Å²) in [5, 5.41) is 0. The first kappa shape index (κ1) is 17.7. The third kappa shape index (κ3) is 3.72. The van der Waals surface area contributed by atoms with E-state index in [1.165, 1.54) is 35.4 Å². The molecule has 27 heavy (non-hydrogen) atoms. The van der Waals surface area contributed by atoms with Crippen LogP contribution in [0.3, 0.4) is 0 Å². The van der Waals surface area contributed by atoms with Crippen LogP contribution in [0.25, 0.3) is 0 Å². The molecule has 0 aromatic heterocycles. The number of carbonyl (C=O) groups excluding carboxylic acids is 2. The Morgan fingerprint density at radius 3 is 2.44 bits per heavy atom. The molecule has 0 radical (unpaired) electrons. The second-order valence-corrected chi connectivity index (χ2v) is 7.38. The maximum atomic E-state index is 13.1. The zero-order valence-corrected chi connectivity index (χ0v) is 15.2. The lowest BCUT2D eigenvalue weighted by atomic mass is 9.93. The van der Waals surface area contributed by atoms with Crippen molar-refractivity contribution in [3.05, 3.63) is 71.0 Å². The van der Waals surface area contributed by atoms with Gasteiger partial charge in [-0.1, -0.05) is 24.3 Å². The molecule has 0 saturated carbocycles. The van der Waals surface area contributed by atoms with Crippen LogP contribution in [-0.4, -0.2) is 41.2 Å². The maximum absolute atomic E-state index is 13.1. The van der Waals surface area contributed by atoms with Gasteiger partial charge < -0.3 is 9.80 Å². The Hall–Kier alpha value is -2.69. The average molecular weight is 366 g/mol. The van der Waals surface area contributed by atoms with E-state index < -0.39 is 0 Å². The Morgan fingerprint density at radius 1 is 0.926 bits per heavy atom. The molecule has 1 fully saturated rings. The molecule has 4 rings (SSSR count). The zero-order valence-electron chi connectivity index (χ0n) is 15.2. The minimum atomic E-state index is -0.358. The highest BCUT2D eigenvalue weighted by Crippen LogP contribution is 2.25. The van der Waals surface area contributed by atoms with Gasteiger partial charge in [0.25, 0.3) is 5.91 Å². The van der Waals surface area contributed by atoms with Gasteiger partial charge in [-0.15, -0.1) is 0 Å². The van der Waals surface area contributed by atoms with Crippen LogP contribution in [0.2, 0.25) is 0 Å². The number of fused-ring (bicyclic) bond motifs is 1. The second-order valence-electron chi connectivity index (χ2n) is 7.38. The molecular weight excluding hydrogens is 343 g/mol. The van der Waals surface area contributed by atoms with Crippen LogP contribution in [0.5, 0.6) is 0 Å². The SMILES string of the molecule is O=C(c1ccc(F)cc1)N1CCC[C@H](C(=O)N2CCc3ccccc3C2)C1. The number of hydrogen-bond donors (Lipinski definition) is 0. The molecule has 2 aromatic rings. The van der Waals surface area contributed by atoms with Crippen LogP contribution in [0.4, 0.5) is 4.39 Å². The Labute approximate surface area is 158 Å². The van der Waals surface area contributed by atoms with Gasteiger partial charge in [-0.05, 0) is 54.7 Å². The molecule has 2 aliphatic rings. The second kappa shape index (κ2) is 7.51. The third-order valence-corrected chi connectivity index (χ3v) is 5.59. The van der Waals surface area contributed by atoms with Crippen molar-refractivity contribution in [3.8, 4) is 0 Å². The summed E-state index contributed by atoms with van der Waals surface area (Å²) in [4.78, 5) is 29.4. The Bertz CT molecular complexity index is 850. The van der Waals surface area contributed by atoms with Crippen molar-refractivity contribution in [3.63, 3.8) is 0 Å². The molecular formula is C22H23FN2O2. The summed E-state index contributed by atoms with van der Waals surface area (Å²) in [7, 11) is 0. The van der Waals surface area contributed by atoms with Crippen LogP contribution >= 0.6 is 0 Å². The molecule has 140 valence electrons. The van der Waals surface area contributed by atoms with Gasteiger partial charge in [-0.2, -0.15) is 0 Å². The average Bonchev–Trinajstić information content (AvgIpc) is 2.73. The smallest absolute Gasteiger partial charge is 0.253 e. The summed E-state index contributed by atoms with van der Waals surface area (Å²) in [5.74, 6) is -0.505. The first-order valence-electron chi connectivity index (χ1n) is 9.52.